The molecule has 2 aromatic rings. The van der Waals surface area contributed by atoms with E-state index in [-0.39, 0.29) is 23.3 Å². The van der Waals surface area contributed by atoms with E-state index < -0.39 is 10.0 Å². The van der Waals surface area contributed by atoms with Gasteiger partial charge in [-0.1, -0.05) is 44.2 Å². The van der Waals surface area contributed by atoms with Crippen molar-refractivity contribution in [2.24, 2.45) is 0 Å². The first kappa shape index (κ1) is 23.7. The van der Waals surface area contributed by atoms with Crippen molar-refractivity contribution in [3.63, 3.8) is 0 Å². The fourth-order valence-corrected chi connectivity index (χ4v) is 6.05. The number of morpholine rings is 1. The van der Waals surface area contributed by atoms with Gasteiger partial charge in [-0.25, -0.2) is 8.42 Å². The average Bonchev–Trinajstić information content (AvgIpc) is 2.84. The van der Waals surface area contributed by atoms with E-state index in [1.54, 1.807) is 24.3 Å². The standard InChI is InChI=1S/C25H32N2O5S/c1-3-25(4-2)17-22(21-7-5-6-8-23(21)32-25)26-24(28)20-11-9-19(10-12-20)18-33(29,30)27-13-15-31-16-14-27/h5-12,22H,3-4,13-18H2,1-2H3,(H,26,28)/t22-/m0/s1. The highest BCUT2D eigenvalue weighted by atomic mass is 32.2. The van der Waals surface area contributed by atoms with Crippen LogP contribution in [0.3, 0.4) is 0 Å². The Morgan fingerprint density at radius 3 is 2.39 bits per heavy atom. The average molecular weight is 473 g/mol. The molecule has 2 aliphatic rings. The summed E-state index contributed by atoms with van der Waals surface area (Å²) < 4.78 is 38.3. The normalized spacial score (nSPS) is 20.5. The van der Waals surface area contributed by atoms with Crippen LogP contribution in [0.15, 0.2) is 48.5 Å². The van der Waals surface area contributed by atoms with E-state index in [1.165, 1.54) is 4.31 Å². The summed E-state index contributed by atoms with van der Waals surface area (Å²) in [5.74, 6) is 0.555. The van der Waals surface area contributed by atoms with Gasteiger partial charge in [0.2, 0.25) is 10.0 Å². The molecular weight excluding hydrogens is 440 g/mol. The lowest BCUT2D eigenvalue weighted by Crippen LogP contribution is -2.44. The van der Waals surface area contributed by atoms with Crippen LogP contribution in [0, 0.1) is 0 Å². The predicted octanol–water partition coefficient (Wildman–Crippen LogP) is 3.66. The highest BCUT2D eigenvalue weighted by Gasteiger charge is 2.39. The fraction of sp³-hybridized carbons (Fsp3) is 0.480. The monoisotopic (exact) mass is 472 g/mol. The van der Waals surface area contributed by atoms with Gasteiger partial charge in [0.05, 0.1) is 25.0 Å². The van der Waals surface area contributed by atoms with Gasteiger partial charge >= 0.3 is 0 Å². The first-order valence-electron chi connectivity index (χ1n) is 11.6. The van der Waals surface area contributed by atoms with Crippen LogP contribution in [0.25, 0.3) is 0 Å². The molecule has 1 saturated heterocycles. The summed E-state index contributed by atoms with van der Waals surface area (Å²) in [4.78, 5) is 13.1. The Morgan fingerprint density at radius 1 is 1.06 bits per heavy atom. The summed E-state index contributed by atoms with van der Waals surface area (Å²) in [6.45, 7) is 5.83. The minimum Gasteiger partial charge on any atom is -0.487 e. The van der Waals surface area contributed by atoms with Crippen molar-refractivity contribution in [2.75, 3.05) is 26.3 Å². The van der Waals surface area contributed by atoms with E-state index >= 15 is 0 Å². The van der Waals surface area contributed by atoms with Crippen LogP contribution in [-0.4, -0.2) is 50.5 Å². The number of nitrogens with one attached hydrogen (secondary N) is 1. The molecular formula is C25H32N2O5S. The van der Waals surface area contributed by atoms with Gasteiger partial charge in [-0.2, -0.15) is 4.31 Å². The van der Waals surface area contributed by atoms with Crippen molar-refractivity contribution in [1.82, 2.24) is 9.62 Å². The summed E-state index contributed by atoms with van der Waals surface area (Å²) in [7, 11) is -3.41. The number of hydrogen-bond acceptors (Lipinski definition) is 5. The molecule has 2 aliphatic heterocycles. The van der Waals surface area contributed by atoms with Crippen LogP contribution in [0.1, 0.15) is 60.6 Å². The summed E-state index contributed by atoms with van der Waals surface area (Å²) in [5, 5.41) is 3.17. The smallest absolute Gasteiger partial charge is 0.251 e. The van der Waals surface area contributed by atoms with Crippen molar-refractivity contribution < 1.29 is 22.7 Å². The number of fused-ring (bicyclic) bond motifs is 1. The van der Waals surface area contributed by atoms with Crippen molar-refractivity contribution >= 4 is 15.9 Å². The Hall–Kier alpha value is -2.42. The van der Waals surface area contributed by atoms with Gasteiger partial charge < -0.3 is 14.8 Å². The minimum absolute atomic E-state index is 0.0856. The summed E-state index contributed by atoms with van der Waals surface area (Å²) >= 11 is 0. The molecule has 1 N–H and O–H groups in total. The largest absolute Gasteiger partial charge is 0.487 e. The maximum Gasteiger partial charge on any atom is 0.251 e. The number of carbonyl (C=O) groups is 1. The molecule has 33 heavy (non-hydrogen) atoms. The van der Waals surface area contributed by atoms with Crippen molar-refractivity contribution in [3.05, 3.63) is 65.2 Å². The van der Waals surface area contributed by atoms with Crippen LogP contribution in [0.2, 0.25) is 0 Å². The molecule has 1 amide bonds. The summed E-state index contributed by atoms with van der Waals surface area (Å²) in [6.07, 6.45) is 2.42. The lowest BCUT2D eigenvalue weighted by molar-refractivity contribution is 0.0227. The summed E-state index contributed by atoms with van der Waals surface area (Å²) in [6, 6.07) is 14.5. The molecule has 0 radical (unpaired) electrons. The number of para-hydroxylation sites is 1. The number of rotatable bonds is 7. The van der Waals surface area contributed by atoms with E-state index in [0.29, 0.717) is 43.9 Å². The van der Waals surface area contributed by atoms with Gasteiger partial charge in [0.15, 0.2) is 0 Å². The van der Waals surface area contributed by atoms with Gasteiger partial charge in [0.1, 0.15) is 11.4 Å². The van der Waals surface area contributed by atoms with Crippen molar-refractivity contribution in [3.8, 4) is 5.75 Å². The number of hydrogen-bond donors (Lipinski definition) is 1. The number of amides is 1. The molecule has 0 bridgehead atoms. The first-order valence-corrected chi connectivity index (χ1v) is 13.2. The second kappa shape index (κ2) is 9.83. The second-order valence-corrected chi connectivity index (χ2v) is 10.7. The number of nitrogens with zero attached hydrogens (tertiary/aromatic N) is 1. The molecule has 8 heteroatoms. The highest BCUT2D eigenvalue weighted by molar-refractivity contribution is 7.88. The second-order valence-electron chi connectivity index (χ2n) is 8.72. The molecule has 2 aromatic carbocycles. The van der Waals surface area contributed by atoms with Gasteiger partial charge in [-0.3, -0.25) is 4.79 Å². The molecule has 2 heterocycles. The van der Waals surface area contributed by atoms with Gasteiger partial charge in [0, 0.05) is 30.6 Å². The third kappa shape index (κ3) is 5.23. The van der Waals surface area contributed by atoms with E-state index in [0.717, 1.165) is 24.2 Å². The molecule has 0 aliphatic carbocycles. The number of carbonyl (C=O) groups excluding carboxylic acids is 1. The highest BCUT2D eigenvalue weighted by Crippen LogP contribution is 2.42. The van der Waals surface area contributed by atoms with Crippen LogP contribution in [-0.2, 0) is 20.5 Å². The molecule has 4 rings (SSSR count). The number of sulfonamides is 1. The van der Waals surface area contributed by atoms with Crippen LogP contribution in [0.4, 0.5) is 0 Å². The van der Waals surface area contributed by atoms with Gasteiger partial charge in [-0.15, -0.1) is 0 Å². The molecule has 1 atom stereocenters. The van der Waals surface area contributed by atoms with Gasteiger partial charge in [-0.05, 0) is 36.6 Å². The van der Waals surface area contributed by atoms with Crippen LogP contribution in [0.5, 0.6) is 5.75 Å². The van der Waals surface area contributed by atoms with E-state index in [1.807, 2.05) is 24.3 Å². The Labute approximate surface area is 196 Å². The minimum atomic E-state index is -3.41. The number of ether oxygens (including phenoxy) is 2. The number of benzene rings is 2. The quantitative estimate of drug-likeness (QED) is 0.665. The molecule has 1 fully saturated rings. The topological polar surface area (TPSA) is 84.9 Å². The fourth-order valence-electron chi connectivity index (χ4n) is 4.55. The molecule has 0 saturated carbocycles. The maximum atomic E-state index is 13.1. The van der Waals surface area contributed by atoms with Crippen molar-refractivity contribution in [1.29, 1.82) is 0 Å². The molecule has 0 spiro atoms. The Kier molecular flexibility index (Phi) is 7.07. The van der Waals surface area contributed by atoms with Crippen LogP contribution < -0.4 is 10.1 Å². The third-order valence-electron chi connectivity index (χ3n) is 6.72. The molecule has 0 aromatic heterocycles. The lowest BCUT2D eigenvalue weighted by Gasteiger charge is -2.41. The predicted molar refractivity (Wildman–Crippen MR) is 127 cm³/mol. The van der Waals surface area contributed by atoms with E-state index in [2.05, 4.69) is 19.2 Å². The third-order valence-corrected chi connectivity index (χ3v) is 8.57. The maximum absolute atomic E-state index is 13.1. The van der Waals surface area contributed by atoms with Gasteiger partial charge in [0.25, 0.3) is 5.91 Å². The Bertz CT molecular complexity index is 1070. The Morgan fingerprint density at radius 2 is 1.73 bits per heavy atom. The molecule has 178 valence electrons. The Balaban J connectivity index is 1.46. The lowest BCUT2D eigenvalue weighted by atomic mass is 9.83. The van der Waals surface area contributed by atoms with E-state index in [9.17, 15) is 13.2 Å². The zero-order valence-corrected chi connectivity index (χ0v) is 20.1. The SMILES string of the molecule is CCC1(CC)C[C@H](NC(=O)c2ccc(CS(=O)(=O)N3CCOCC3)cc2)c2ccccc2O1. The molecule has 0 unspecified atom stereocenters. The molecule has 7 nitrogen and oxygen atoms in total. The van der Waals surface area contributed by atoms with E-state index in [4.69, 9.17) is 9.47 Å². The van der Waals surface area contributed by atoms with Crippen molar-refractivity contribution in [2.45, 2.75) is 50.5 Å². The summed E-state index contributed by atoms with van der Waals surface area (Å²) in [5.41, 5.74) is 1.84. The van der Waals surface area contributed by atoms with Crippen LogP contribution >= 0.6 is 0 Å². The zero-order chi connectivity index (χ0) is 23.5. The first-order chi connectivity index (χ1) is 15.9. The zero-order valence-electron chi connectivity index (χ0n) is 19.2.